The minimum atomic E-state index is -0.00967. The summed E-state index contributed by atoms with van der Waals surface area (Å²) in [5, 5.41) is 2.25. The van der Waals surface area contributed by atoms with E-state index >= 15 is 0 Å². The zero-order valence-electron chi connectivity index (χ0n) is 11.5. The Hall–Kier alpha value is -1.61. The highest BCUT2D eigenvalue weighted by atomic mass is 35.5. The number of aromatic nitrogens is 1. The Kier molecular flexibility index (Phi) is 3.62. The highest BCUT2D eigenvalue weighted by molar-refractivity contribution is 6.34. The van der Waals surface area contributed by atoms with Gasteiger partial charge in [0.2, 0.25) is 0 Å². The number of likely N-dealkylation sites (tertiary alicyclic amines) is 1. The molecule has 0 N–H and O–H groups in total. The number of carbonyl (C=O) groups excluding carboxylic acids is 1. The lowest BCUT2D eigenvalue weighted by atomic mass is 9.99. The lowest BCUT2D eigenvalue weighted by Gasteiger charge is -2.30. The van der Waals surface area contributed by atoms with Gasteiger partial charge in [0.1, 0.15) is 10.8 Å². The van der Waals surface area contributed by atoms with Gasteiger partial charge < -0.3 is 4.90 Å². The fourth-order valence-corrected chi connectivity index (χ4v) is 2.90. The van der Waals surface area contributed by atoms with Gasteiger partial charge >= 0.3 is 0 Å². The topological polar surface area (TPSA) is 33.2 Å². The number of rotatable bonds is 1. The fraction of sp³-hybridized carbons (Fsp3) is 0.375. The number of fused-ring (bicyclic) bond motifs is 1. The molecule has 0 bridgehead atoms. The van der Waals surface area contributed by atoms with Gasteiger partial charge in [-0.05, 0) is 30.2 Å². The Labute approximate surface area is 123 Å². The number of carbonyl (C=O) groups is 1. The Morgan fingerprint density at radius 2 is 2.00 bits per heavy atom. The van der Waals surface area contributed by atoms with Crippen molar-refractivity contribution in [3.8, 4) is 0 Å². The number of hydrogen-bond donors (Lipinski definition) is 0. The van der Waals surface area contributed by atoms with Crippen LogP contribution in [-0.4, -0.2) is 28.9 Å². The van der Waals surface area contributed by atoms with Crippen molar-refractivity contribution < 1.29 is 4.79 Å². The quantitative estimate of drug-likeness (QED) is 0.749. The van der Waals surface area contributed by atoms with Gasteiger partial charge in [-0.25, -0.2) is 4.98 Å². The largest absolute Gasteiger partial charge is 0.337 e. The van der Waals surface area contributed by atoms with Gasteiger partial charge in [-0.2, -0.15) is 0 Å². The molecule has 2 heterocycles. The van der Waals surface area contributed by atoms with Crippen LogP contribution in [0.5, 0.6) is 0 Å². The second-order valence-electron chi connectivity index (χ2n) is 5.49. The lowest BCUT2D eigenvalue weighted by Crippen LogP contribution is -2.38. The number of benzene rings is 1. The number of halogens is 1. The minimum absolute atomic E-state index is 0.00967. The second-order valence-corrected chi connectivity index (χ2v) is 5.85. The van der Waals surface area contributed by atoms with Crippen LogP contribution < -0.4 is 0 Å². The third-order valence-corrected chi connectivity index (χ3v) is 4.27. The van der Waals surface area contributed by atoms with E-state index in [0.29, 0.717) is 16.8 Å². The van der Waals surface area contributed by atoms with E-state index in [9.17, 15) is 4.79 Å². The van der Waals surface area contributed by atoms with Crippen molar-refractivity contribution in [3.05, 3.63) is 41.2 Å². The molecule has 1 fully saturated rings. The van der Waals surface area contributed by atoms with Gasteiger partial charge in [0, 0.05) is 18.5 Å². The van der Waals surface area contributed by atoms with Crippen LogP contribution in [0, 0.1) is 5.92 Å². The first kappa shape index (κ1) is 13.4. The molecule has 1 saturated heterocycles. The molecule has 0 atom stereocenters. The second kappa shape index (κ2) is 5.41. The average Bonchev–Trinajstić information content (AvgIpc) is 2.47. The van der Waals surface area contributed by atoms with E-state index in [4.69, 9.17) is 11.6 Å². The fourth-order valence-electron chi connectivity index (χ4n) is 2.64. The summed E-state index contributed by atoms with van der Waals surface area (Å²) in [6.07, 6.45) is 2.13. The number of hydrogen-bond acceptors (Lipinski definition) is 2. The Balaban J connectivity index is 1.92. The van der Waals surface area contributed by atoms with Crippen molar-refractivity contribution in [2.75, 3.05) is 13.1 Å². The Morgan fingerprint density at radius 3 is 2.75 bits per heavy atom. The summed E-state index contributed by atoms with van der Waals surface area (Å²) >= 11 is 6.19. The third-order valence-electron chi connectivity index (χ3n) is 3.98. The summed E-state index contributed by atoms with van der Waals surface area (Å²) in [7, 11) is 0. The molecule has 0 spiro atoms. The Bertz CT molecular complexity index is 648. The van der Waals surface area contributed by atoms with E-state index in [1.165, 1.54) is 0 Å². The van der Waals surface area contributed by atoms with Crippen LogP contribution in [0.2, 0.25) is 5.15 Å². The number of pyridine rings is 1. The molecule has 3 rings (SSSR count). The summed E-state index contributed by atoms with van der Waals surface area (Å²) in [4.78, 5) is 18.7. The van der Waals surface area contributed by atoms with E-state index in [-0.39, 0.29) is 5.91 Å². The average molecular weight is 289 g/mol. The van der Waals surface area contributed by atoms with E-state index in [2.05, 4.69) is 11.9 Å². The maximum atomic E-state index is 12.5. The van der Waals surface area contributed by atoms with Crippen LogP contribution >= 0.6 is 11.6 Å². The summed E-state index contributed by atoms with van der Waals surface area (Å²) in [5.74, 6) is 0.691. The summed E-state index contributed by atoms with van der Waals surface area (Å²) < 4.78 is 0. The molecule has 4 heteroatoms. The van der Waals surface area contributed by atoms with E-state index < -0.39 is 0 Å². The standard InChI is InChI=1S/C16H17ClN2O/c1-11-6-8-19(9-7-11)16(20)14-10-12-4-2-3-5-13(12)15(17)18-14/h2-5,10-11H,6-9H2,1H3. The lowest BCUT2D eigenvalue weighted by molar-refractivity contribution is 0.0691. The van der Waals surface area contributed by atoms with Crippen LogP contribution in [0.4, 0.5) is 0 Å². The van der Waals surface area contributed by atoms with Crippen molar-refractivity contribution in [3.63, 3.8) is 0 Å². The molecule has 1 aromatic carbocycles. The van der Waals surface area contributed by atoms with Gasteiger partial charge in [-0.3, -0.25) is 4.79 Å². The predicted molar refractivity (Wildman–Crippen MR) is 81.1 cm³/mol. The zero-order valence-corrected chi connectivity index (χ0v) is 12.2. The first-order valence-corrected chi connectivity index (χ1v) is 7.37. The van der Waals surface area contributed by atoms with Crippen LogP contribution in [-0.2, 0) is 0 Å². The van der Waals surface area contributed by atoms with Crippen molar-refractivity contribution >= 4 is 28.3 Å². The van der Waals surface area contributed by atoms with Crippen molar-refractivity contribution in [2.45, 2.75) is 19.8 Å². The molecule has 0 unspecified atom stereocenters. The normalized spacial score (nSPS) is 16.6. The molecule has 1 aliphatic rings. The molecular formula is C16H17ClN2O. The maximum Gasteiger partial charge on any atom is 0.272 e. The molecule has 1 aromatic heterocycles. The molecule has 0 aliphatic carbocycles. The van der Waals surface area contributed by atoms with Gasteiger partial charge in [0.05, 0.1) is 0 Å². The molecule has 104 valence electrons. The number of nitrogens with zero attached hydrogens (tertiary/aromatic N) is 2. The van der Waals surface area contributed by atoms with E-state index in [0.717, 1.165) is 36.7 Å². The van der Waals surface area contributed by atoms with E-state index in [1.807, 2.05) is 35.2 Å². The molecule has 0 saturated carbocycles. The first-order valence-electron chi connectivity index (χ1n) is 6.99. The molecule has 1 amide bonds. The molecule has 3 nitrogen and oxygen atoms in total. The minimum Gasteiger partial charge on any atom is -0.337 e. The zero-order chi connectivity index (χ0) is 14.1. The SMILES string of the molecule is CC1CCN(C(=O)c2cc3ccccc3c(Cl)n2)CC1. The van der Waals surface area contributed by atoms with Crippen LogP contribution in [0.15, 0.2) is 30.3 Å². The predicted octanol–water partition coefficient (Wildman–Crippen LogP) is 3.76. The Morgan fingerprint density at radius 1 is 1.30 bits per heavy atom. The maximum absolute atomic E-state index is 12.5. The van der Waals surface area contributed by atoms with Crippen molar-refractivity contribution in [2.24, 2.45) is 5.92 Å². The number of piperidine rings is 1. The molecule has 2 aromatic rings. The van der Waals surface area contributed by atoms with Crippen molar-refractivity contribution in [1.82, 2.24) is 9.88 Å². The summed E-state index contributed by atoms with van der Waals surface area (Å²) in [5.41, 5.74) is 0.447. The highest BCUT2D eigenvalue weighted by Crippen LogP contribution is 2.24. The first-order chi connectivity index (χ1) is 9.65. The monoisotopic (exact) mass is 288 g/mol. The van der Waals surface area contributed by atoms with Crippen molar-refractivity contribution in [1.29, 1.82) is 0 Å². The molecule has 0 radical (unpaired) electrons. The third kappa shape index (κ3) is 2.50. The highest BCUT2D eigenvalue weighted by Gasteiger charge is 2.22. The van der Waals surface area contributed by atoms with Crippen LogP contribution in [0.1, 0.15) is 30.3 Å². The van der Waals surface area contributed by atoms with Crippen LogP contribution in [0.3, 0.4) is 0 Å². The summed E-state index contributed by atoms with van der Waals surface area (Å²) in [6, 6.07) is 9.57. The smallest absolute Gasteiger partial charge is 0.272 e. The molecule has 20 heavy (non-hydrogen) atoms. The number of amides is 1. The molecule has 1 aliphatic heterocycles. The summed E-state index contributed by atoms with van der Waals surface area (Å²) in [6.45, 7) is 3.85. The van der Waals surface area contributed by atoms with Gasteiger partial charge in [0.25, 0.3) is 5.91 Å². The van der Waals surface area contributed by atoms with Gasteiger partial charge in [-0.1, -0.05) is 42.8 Å². The van der Waals surface area contributed by atoms with Crippen LogP contribution in [0.25, 0.3) is 10.8 Å². The van der Waals surface area contributed by atoms with E-state index in [1.54, 1.807) is 0 Å². The molecular weight excluding hydrogens is 272 g/mol. The van der Waals surface area contributed by atoms with Gasteiger partial charge in [-0.15, -0.1) is 0 Å². The van der Waals surface area contributed by atoms with Gasteiger partial charge in [0.15, 0.2) is 0 Å².